The van der Waals surface area contributed by atoms with E-state index >= 15 is 0 Å². The molecule has 0 spiro atoms. The van der Waals surface area contributed by atoms with E-state index in [1.54, 1.807) is 25.3 Å². The van der Waals surface area contributed by atoms with Crippen LogP contribution < -0.4 is 29.6 Å². The van der Waals surface area contributed by atoms with Gasteiger partial charge in [-0.15, -0.1) is 11.6 Å². The fraction of sp³-hybridized carbons (Fsp3) is 0.324. The number of hydrogen-bond donors (Lipinski definition) is 2. The number of amides is 1. The van der Waals surface area contributed by atoms with Gasteiger partial charge in [-0.2, -0.15) is 5.26 Å². The Balaban J connectivity index is 0.00000216. The van der Waals surface area contributed by atoms with Crippen molar-refractivity contribution in [3.63, 3.8) is 0 Å². The summed E-state index contributed by atoms with van der Waals surface area (Å²) in [5.41, 5.74) is 2.40. The molecule has 0 aliphatic heterocycles. The van der Waals surface area contributed by atoms with Crippen molar-refractivity contribution in [1.29, 1.82) is 5.26 Å². The summed E-state index contributed by atoms with van der Waals surface area (Å²) in [6.45, 7) is 4.42. The number of benzene rings is 3. The number of anilines is 2. The molecule has 9 nitrogen and oxygen atoms in total. The number of pyridine rings is 1. The van der Waals surface area contributed by atoms with Crippen LogP contribution in [0.4, 0.5) is 11.4 Å². The van der Waals surface area contributed by atoms with Gasteiger partial charge < -0.3 is 29.6 Å². The maximum absolute atomic E-state index is 12.1. The number of nitrogens with zero attached hydrogens (tertiary/aromatic N) is 2. The Hall–Kier alpha value is -4.68. The van der Waals surface area contributed by atoms with Crippen LogP contribution in [0.25, 0.3) is 10.9 Å². The molecule has 1 fully saturated rings. The zero-order valence-corrected chi connectivity index (χ0v) is 25.9. The minimum atomic E-state index is -0.120. The van der Waals surface area contributed by atoms with Gasteiger partial charge in [0.1, 0.15) is 23.3 Å². The molecule has 44 heavy (non-hydrogen) atoms. The Morgan fingerprint density at radius 1 is 1.02 bits per heavy atom. The fourth-order valence-corrected chi connectivity index (χ4v) is 4.52. The van der Waals surface area contributed by atoms with Gasteiger partial charge >= 0.3 is 0 Å². The highest BCUT2D eigenvalue weighted by molar-refractivity contribution is 6.17. The number of methoxy groups -OCH3 is 1. The van der Waals surface area contributed by atoms with Crippen LogP contribution in [0.3, 0.4) is 0 Å². The van der Waals surface area contributed by atoms with Crippen LogP contribution >= 0.6 is 11.6 Å². The van der Waals surface area contributed by atoms with Crippen molar-refractivity contribution in [3.05, 3.63) is 72.4 Å². The van der Waals surface area contributed by atoms with Crippen molar-refractivity contribution in [2.24, 2.45) is 0 Å². The monoisotopic (exact) mass is 616 g/mol. The number of nitriles is 1. The summed E-state index contributed by atoms with van der Waals surface area (Å²) in [6, 6.07) is 20.6. The van der Waals surface area contributed by atoms with E-state index in [0.29, 0.717) is 69.8 Å². The van der Waals surface area contributed by atoms with Gasteiger partial charge in [0, 0.05) is 41.3 Å². The van der Waals surface area contributed by atoms with Gasteiger partial charge in [-0.25, -0.2) is 0 Å². The molecule has 1 aliphatic rings. The normalized spacial score (nSPS) is 12.2. The largest absolute Gasteiger partial charge is 0.493 e. The molecule has 0 unspecified atom stereocenters. The molecule has 0 bridgehead atoms. The van der Waals surface area contributed by atoms with Crippen molar-refractivity contribution in [1.82, 2.24) is 10.3 Å². The van der Waals surface area contributed by atoms with E-state index in [-0.39, 0.29) is 18.6 Å². The molecule has 0 saturated heterocycles. The minimum absolute atomic E-state index is 0.0388. The lowest BCUT2D eigenvalue weighted by atomic mass is 9.93. The number of halogens is 1. The average Bonchev–Trinajstić information content (AvgIpc) is 3.04. The average molecular weight is 617 g/mol. The number of rotatable bonds is 13. The summed E-state index contributed by atoms with van der Waals surface area (Å²) in [6.07, 6.45) is 5.45. The second-order valence-electron chi connectivity index (χ2n) is 9.78. The van der Waals surface area contributed by atoms with E-state index in [0.717, 1.165) is 24.9 Å². The zero-order chi connectivity index (χ0) is 31.3. The maximum atomic E-state index is 12.1. The van der Waals surface area contributed by atoms with E-state index < -0.39 is 0 Å². The zero-order valence-electron chi connectivity index (χ0n) is 25.2. The smallest absolute Gasteiger partial charge is 0.258 e. The lowest BCUT2D eigenvalue weighted by molar-refractivity contribution is -0.124. The van der Waals surface area contributed by atoms with E-state index in [1.807, 2.05) is 56.3 Å². The quantitative estimate of drug-likeness (QED) is 0.116. The van der Waals surface area contributed by atoms with Crippen LogP contribution in [0, 0.1) is 11.3 Å². The Morgan fingerprint density at radius 3 is 2.48 bits per heavy atom. The molecule has 10 heteroatoms. The third-order valence-corrected chi connectivity index (χ3v) is 7.08. The Kier molecular flexibility index (Phi) is 11.9. The topological polar surface area (TPSA) is 115 Å². The predicted octanol–water partition coefficient (Wildman–Crippen LogP) is 7.73. The van der Waals surface area contributed by atoms with Crippen LogP contribution in [-0.2, 0) is 4.79 Å². The molecular weight excluding hydrogens is 580 g/mol. The van der Waals surface area contributed by atoms with Gasteiger partial charge in [0.2, 0.25) is 0 Å². The van der Waals surface area contributed by atoms with Crippen molar-refractivity contribution < 1.29 is 23.7 Å². The van der Waals surface area contributed by atoms with Gasteiger partial charge in [-0.1, -0.05) is 19.9 Å². The molecular formula is C34H37ClN4O5. The van der Waals surface area contributed by atoms with Crippen LogP contribution in [0.1, 0.15) is 45.1 Å². The first-order chi connectivity index (χ1) is 21.6. The van der Waals surface area contributed by atoms with E-state index in [2.05, 4.69) is 21.7 Å². The summed E-state index contributed by atoms with van der Waals surface area (Å²) in [4.78, 5) is 16.5. The van der Waals surface area contributed by atoms with E-state index in [9.17, 15) is 10.1 Å². The molecule has 2 N–H and O–H groups in total. The molecule has 1 aliphatic carbocycles. The summed E-state index contributed by atoms with van der Waals surface area (Å²) in [5.74, 6) is 3.21. The molecule has 0 radical (unpaired) electrons. The maximum Gasteiger partial charge on any atom is 0.258 e. The molecule has 1 heterocycles. The molecule has 4 aromatic rings. The number of fused-ring (bicyclic) bond motifs is 1. The van der Waals surface area contributed by atoms with Crippen molar-refractivity contribution in [3.8, 4) is 34.8 Å². The molecule has 1 aromatic heterocycles. The Morgan fingerprint density at radius 2 is 1.80 bits per heavy atom. The first-order valence-electron chi connectivity index (χ1n) is 14.7. The van der Waals surface area contributed by atoms with Gasteiger partial charge in [0.05, 0.1) is 30.5 Å². The van der Waals surface area contributed by atoms with E-state index in [1.165, 1.54) is 6.20 Å². The third kappa shape index (κ3) is 8.45. The van der Waals surface area contributed by atoms with Crippen LogP contribution in [0.2, 0.25) is 0 Å². The lowest BCUT2D eigenvalue weighted by Gasteiger charge is -2.26. The highest BCUT2D eigenvalue weighted by Gasteiger charge is 2.19. The Labute approximate surface area is 263 Å². The van der Waals surface area contributed by atoms with Crippen molar-refractivity contribution in [2.75, 3.05) is 31.5 Å². The fourth-order valence-electron chi connectivity index (χ4n) is 4.41. The molecule has 0 atom stereocenters. The number of nitrogens with one attached hydrogen (secondary N) is 2. The number of alkyl halides is 1. The summed E-state index contributed by atoms with van der Waals surface area (Å²) < 4.78 is 23.0. The number of ether oxygens (including phenoxy) is 4. The van der Waals surface area contributed by atoms with Gasteiger partial charge in [-0.05, 0) is 68.1 Å². The number of aromatic nitrogens is 1. The second-order valence-corrected chi connectivity index (χ2v) is 10.2. The predicted molar refractivity (Wildman–Crippen MR) is 173 cm³/mol. The first-order valence-corrected chi connectivity index (χ1v) is 15.3. The minimum Gasteiger partial charge on any atom is -0.493 e. The molecule has 5 rings (SSSR count). The summed E-state index contributed by atoms with van der Waals surface area (Å²) >= 11 is 5.78. The standard InChI is InChI=1S/C32H31ClN4O5.C2H6/c1-39-29-16-27-28(17-30(29)40-14-4-13-33)35-19-21(18-34)32(27)37-23-9-11-24(12-10-23)42-26-8-3-7-25(15-26)41-20-31(38)36-22-5-2-6-22;1-2/h3,7-12,15-17,19,22H,2,4-6,13-14,20H2,1H3,(H,35,37)(H,36,38);1-2H3. The highest BCUT2D eigenvalue weighted by atomic mass is 35.5. The third-order valence-electron chi connectivity index (χ3n) is 6.81. The van der Waals surface area contributed by atoms with Gasteiger partial charge in [0.25, 0.3) is 5.91 Å². The van der Waals surface area contributed by atoms with Crippen molar-refractivity contribution in [2.45, 2.75) is 45.6 Å². The molecule has 1 saturated carbocycles. The van der Waals surface area contributed by atoms with Gasteiger partial charge in [-0.3, -0.25) is 9.78 Å². The first kappa shape index (κ1) is 32.2. The second kappa shape index (κ2) is 16.2. The molecule has 1 amide bonds. The molecule has 230 valence electrons. The Bertz CT molecular complexity index is 1590. The van der Waals surface area contributed by atoms with Crippen molar-refractivity contribution >= 4 is 39.8 Å². The number of carbonyl (C=O) groups excluding carboxylic acids is 1. The van der Waals surface area contributed by atoms with Crippen LogP contribution in [-0.4, -0.2) is 43.1 Å². The van der Waals surface area contributed by atoms with Crippen LogP contribution in [0.15, 0.2) is 66.9 Å². The molecule has 3 aromatic carbocycles. The summed E-state index contributed by atoms with van der Waals surface area (Å²) in [7, 11) is 1.57. The summed E-state index contributed by atoms with van der Waals surface area (Å²) in [5, 5.41) is 16.8. The number of carbonyl (C=O) groups is 1. The van der Waals surface area contributed by atoms with E-state index in [4.69, 9.17) is 30.5 Å². The van der Waals surface area contributed by atoms with Crippen LogP contribution in [0.5, 0.6) is 28.7 Å². The lowest BCUT2D eigenvalue weighted by Crippen LogP contribution is -2.41. The highest BCUT2D eigenvalue weighted by Crippen LogP contribution is 2.37. The SMILES string of the molecule is CC.COc1cc2c(Nc3ccc(Oc4cccc(OCC(=O)NC5CCC5)c4)cc3)c(C#N)cnc2cc1OCCCCl. The van der Waals surface area contributed by atoms with Gasteiger partial charge in [0.15, 0.2) is 18.1 Å². The number of hydrogen-bond acceptors (Lipinski definition) is 8.